The summed E-state index contributed by atoms with van der Waals surface area (Å²) in [6, 6.07) is 0. The molecule has 0 amide bonds. The molecular weight excluding hydrogens is 316 g/mol. The number of carbonyl (C=O) groups is 1. The van der Waals surface area contributed by atoms with Gasteiger partial charge in [-0.05, 0) is 6.08 Å². The van der Waals surface area contributed by atoms with E-state index in [1.807, 2.05) is 0 Å². The standard InChI is InChI=1S/C15H18N4O5/c1-23-11(22)3-2-8-5-19(14-12(8)13(16)17-7-18-14)15-10(21)4-9(6-20)24-15/h2-3,5,7,9-10,15,20-21H,4,6H2,1H3,(H2,16,17,18)/b3-2+/t9-,10+,15?/m0/s1. The highest BCUT2D eigenvalue weighted by molar-refractivity contribution is 5.97. The molecule has 1 unspecified atom stereocenters. The molecule has 1 saturated heterocycles. The second-order valence-electron chi connectivity index (χ2n) is 5.44. The van der Waals surface area contributed by atoms with Gasteiger partial charge < -0.3 is 30.0 Å². The van der Waals surface area contributed by atoms with E-state index < -0.39 is 24.4 Å². The largest absolute Gasteiger partial charge is 0.466 e. The fourth-order valence-corrected chi connectivity index (χ4v) is 2.78. The van der Waals surface area contributed by atoms with Crippen molar-refractivity contribution >= 4 is 28.9 Å². The van der Waals surface area contributed by atoms with Crippen molar-refractivity contribution in [3.8, 4) is 0 Å². The van der Waals surface area contributed by atoms with Gasteiger partial charge in [0.1, 0.15) is 23.9 Å². The molecule has 2 aromatic rings. The van der Waals surface area contributed by atoms with E-state index in [4.69, 9.17) is 10.5 Å². The number of fused-ring (bicyclic) bond motifs is 1. The van der Waals surface area contributed by atoms with Crippen LogP contribution in [-0.2, 0) is 14.3 Å². The van der Waals surface area contributed by atoms with Crippen LogP contribution in [0.15, 0.2) is 18.6 Å². The molecule has 3 atom stereocenters. The zero-order valence-electron chi connectivity index (χ0n) is 13.0. The molecule has 1 fully saturated rings. The molecule has 2 aromatic heterocycles. The molecule has 128 valence electrons. The normalized spacial score (nSPS) is 24.0. The van der Waals surface area contributed by atoms with Crippen LogP contribution in [0.5, 0.6) is 0 Å². The number of hydrogen-bond acceptors (Lipinski definition) is 8. The molecule has 1 aliphatic rings. The molecule has 0 spiro atoms. The minimum atomic E-state index is -0.800. The third-order valence-electron chi connectivity index (χ3n) is 3.91. The first-order valence-corrected chi connectivity index (χ1v) is 7.36. The number of nitrogen functional groups attached to an aromatic ring is 1. The predicted molar refractivity (Wildman–Crippen MR) is 84.6 cm³/mol. The number of carbonyl (C=O) groups excluding carboxylic acids is 1. The van der Waals surface area contributed by atoms with Crippen LogP contribution >= 0.6 is 0 Å². The second-order valence-corrected chi connectivity index (χ2v) is 5.44. The van der Waals surface area contributed by atoms with Gasteiger partial charge in [0, 0.05) is 24.3 Å². The van der Waals surface area contributed by atoms with Gasteiger partial charge in [-0.1, -0.05) is 0 Å². The van der Waals surface area contributed by atoms with Crippen LogP contribution in [0.25, 0.3) is 17.1 Å². The molecule has 0 saturated carbocycles. The SMILES string of the molecule is COC(=O)/C=C/c1cn(C2O[C@H](CO)C[C@H]2O)c2ncnc(N)c12. The van der Waals surface area contributed by atoms with E-state index >= 15 is 0 Å². The molecule has 9 heteroatoms. The summed E-state index contributed by atoms with van der Waals surface area (Å²) < 4.78 is 11.9. The van der Waals surface area contributed by atoms with E-state index in [0.29, 0.717) is 23.0 Å². The zero-order chi connectivity index (χ0) is 17.3. The maximum absolute atomic E-state index is 11.3. The molecule has 1 aliphatic heterocycles. The molecule has 0 bridgehead atoms. The van der Waals surface area contributed by atoms with Gasteiger partial charge in [0.2, 0.25) is 0 Å². The summed E-state index contributed by atoms with van der Waals surface area (Å²) in [5.74, 6) is -0.265. The lowest BCUT2D eigenvalue weighted by molar-refractivity contribution is -0.134. The summed E-state index contributed by atoms with van der Waals surface area (Å²) in [7, 11) is 1.28. The van der Waals surface area contributed by atoms with E-state index in [1.165, 1.54) is 25.6 Å². The predicted octanol–water partition coefficient (Wildman–Crippen LogP) is -0.160. The van der Waals surface area contributed by atoms with Crippen LogP contribution in [0.1, 0.15) is 18.2 Å². The minimum absolute atomic E-state index is 0.182. The fraction of sp³-hybridized carbons (Fsp3) is 0.400. The smallest absolute Gasteiger partial charge is 0.330 e. The van der Waals surface area contributed by atoms with Gasteiger partial charge in [-0.2, -0.15) is 0 Å². The lowest BCUT2D eigenvalue weighted by Crippen LogP contribution is -2.19. The first kappa shape index (κ1) is 16.4. The topological polar surface area (TPSA) is 133 Å². The summed E-state index contributed by atoms with van der Waals surface area (Å²) in [5, 5.41) is 20.0. The summed E-state index contributed by atoms with van der Waals surface area (Å²) in [6.45, 7) is -0.182. The van der Waals surface area contributed by atoms with Crippen molar-refractivity contribution in [2.24, 2.45) is 0 Å². The van der Waals surface area contributed by atoms with Gasteiger partial charge >= 0.3 is 5.97 Å². The number of ether oxygens (including phenoxy) is 2. The Morgan fingerprint density at radius 1 is 1.58 bits per heavy atom. The summed E-state index contributed by atoms with van der Waals surface area (Å²) in [4.78, 5) is 19.5. The van der Waals surface area contributed by atoms with Crippen LogP contribution in [0.3, 0.4) is 0 Å². The van der Waals surface area contributed by atoms with Crippen molar-refractivity contribution in [1.82, 2.24) is 14.5 Å². The Morgan fingerprint density at radius 2 is 2.38 bits per heavy atom. The highest BCUT2D eigenvalue weighted by atomic mass is 16.5. The van der Waals surface area contributed by atoms with Crippen molar-refractivity contribution in [3.05, 3.63) is 24.2 Å². The summed E-state index contributed by atoms with van der Waals surface area (Å²) >= 11 is 0. The average Bonchev–Trinajstić information content (AvgIpc) is 3.13. The van der Waals surface area contributed by atoms with Gasteiger partial charge in [-0.3, -0.25) is 0 Å². The Balaban J connectivity index is 2.08. The van der Waals surface area contributed by atoms with Crippen LogP contribution in [0.4, 0.5) is 5.82 Å². The number of aliphatic hydroxyl groups is 2. The van der Waals surface area contributed by atoms with E-state index in [2.05, 4.69) is 14.7 Å². The molecular formula is C15H18N4O5. The average molecular weight is 334 g/mol. The van der Waals surface area contributed by atoms with E-state index in [1.54, 1.807) is 10.8 Å². The molecule has 0 aromatic carbocycles. The van der Waals surface area contributed by atoms with Crippen LogP contribution in [0.2, 0.25) is 0 Å². The fourth-order valence-electron chi connectivity index (χ4n) is 2.78. The molecule has 0 radical (unpaired) electrons. The number of nitrogens with two attached hydrogens (primary N) is 1. The quantitative estimate of drug-likeness (QED) is 0.519. The monoisotopic (exact) mass is 334 g/mol. The lowest BCUT2D eigenvalue weighted by atomic mass is 10.2. The Bertz CT molecular complexity index is 788. The third-order valence-corrected chi connectivity index (χ3v) is 3.91. The maximum Gasteiger partial charge on any atom is 0.330 e. The third kappa shape index (κ3) is 2.84. The first-order chi connectivity index (χ1) is 11.5. The van der Waals surface area contributed by atoms with Gasteiger partial charge in [0.15, 0.2) is 6.23 Å². The molecule has 3 heterocycles. The summed E-state index contributed by atoms with van der Waals surface area (Å²) in [6.07, 6.45) is 4.13. The Kier molecular flexibility index (Phi) is 4.47. The number of rotatable bonds is 4. The molecule has 0 aliphatic carbocycles. The number of methoxy groups -OCH3 is 1. The number of aliphatic hydroxyl groups excluding tert-OH is 2. The second kappa shape index (κ2) is 6.56. The number of nitrogens with zero attached hydrogens (tertiary/aromatic N) is 3. The number of aromatic nitrogens is 3. The van der Waals surface area contributed by atoms with Crippen molar-refractivity contribution in [3.63, 3.8) is 0 Å². The van der Waals surface area contributed by atoms with Crippen LogP contribution in [-0.4, -0.2) is 56.6 Å². The molecule has 4 N–H and O–H groups in total. The summed E-state index contributed by atoms with van der Waals surface area (Å²) in [5.41, 5.74) is 7.00. The van der Waals surface area contributed by atoms with E-state index in [9.17, 15) is 15.0 Å². The minimum Gasteiger partial charge on any atom is -0.466 e. The molecule has 24 heavy (non-hydrogen) atoms. The lowest BCUT2D eigenvalue weighted by Gasteiger charge is -2.17. The van der Waals surface area contributed by atoms with Gasteiger partial charge in [0.05, 0.1) is 25.2 Å². The van der Waals surface area contributed by atoms with Gasteiger partial charge in [-0.25, -0.2) is 14.8 Å². The molecule has 9 nitrogen and oxygen atoms in total. The van der Waals surface area contributed by atoms with Crippen molar-refractivity contribution in [2.75, 3.05) is 19.5 Å². The highest BCUT2D eigenvalue weighted by Crippen LogP contribution is 2.34. The molecule has 3 rings (SSSR count). The zero-order valence-corrected chi connectivity index (χ0v) is 13.0. The maximum atomic E-state index is 11.3. The van der Waals surface area contributed by atoms with Crippen molar-refractivity contribution in [1.29, 1.82) is 0 Å². The van der Waals surface area contributed by atoms with Gasteiger partial charge in [0.25, 0.3) is 0 Å². The number of hydrogen-bond donors (Lipinski definition) is 3. The number of anilines is 1. The Labute approximate surface area is 137 Å². The Hall–Kier alpha value is -2.49. The highest BCUT2D eigenvalue weighted by Gasteiger charge is 2.36. The van der Waals surface area contributed by atoms with Crippen LogP contribution in [0, 0.1) is 0 Å². The van der Waals surface area contributed by atoms with Gasteiger partial charge in [-0.15, -0.1) is 0 Å². The first-order valence-electron chi connectivity index (χ1n) is 7.36. The van der Waals surface area contributed by atoms with E-state index in [-0.39, 0.29) is 12.4 Å². The van der Waals surface area contributed by atoms with Crippen molar-refractivity contribution in [2.45, 2.75) is 24.9 Å². The van der Waals surface area contributed by atoms with Crippen LogP contribution < -0.4 is 5.73 Å². The number of esters is 1. The van der Waals surface area contributed by atoms with E-state index in [0.717, 1.165) is 0 Å². The Morgan fingerprint density at radius 3 is 3.04 bits per heavy atom. The van der Waals surface area contributed by atoms with Crippen molar-refractivity contribution < 1.29 is 24.5 Å².